The number of hydrogen-bond donors (Lipinski definition) is 2. The SMILES string of the molecule is C=CC.CC1C(c2ccc(C(=O)O)cc2)=CCC2(C)C1CCC1(C)C2CCC2C3CCCC3(NC(=O)N3CCCN(C)CC3)CC[C@]21C. The molecular formula is C42H63N3O3. The van der Waals surface area contributed by atoms with Gasteiger partial charge in [-0.3, -0.25) is 0 Å². The van der Waals surface area contributed by atoms with Crippen LogP contribution >= 0.6 is 0 Å². The maximum absolute atomic E-state index is 13.8. The average molecular weight is 658 g/mol. The lowest BCUT2D eigenvalue weighted by molar-refractivity contribution is -0.210. The van der Waals surface area contributed by atoms with Crippen molar-refractivity contribution in [2.45, 2.75) is 111 Å². The van der Waals surface area contributed by atoms with Gasteiger partial charge in [-0.1, -0.05) is 58.4 Å². The summed E-state index contributed by atoms with van der Waals surface area (Å²) in [5.41, 5.74) is 3.84. The second-order valence-electron chi connectivity index (χ2n) is 17.4. The van der Waals surface area contributed by atoms with Crippen LogP contribution in [0.25, 0.3) is 5.57 Å². The van der Waals surface area contributed by atoms with Gasteiger partial charge in [0, 0.05) is 25.2 Å². The Balaban J connectivity index is 0.00000129. The Bertz CT molecular complexity index is 1400. The highest BCUT2D eigenvalue weighted by molar-refractivity contribution is 5.88. The van der Waals surface area contributed by atoms with E-state index in [1.165, 1.54) is 56.1 Å². The molecule has 6 heteroatoms. The fourth-order valence-electron chi connectivity index (χ4n) is 12.8. The van der Waals surface area contributed by atoms with Crippen molar-refractivity contribution in [3.05, 3.63) is 54.1 Å². The Labute approximate surface area is 290 Å². The predicted octanol–water partition coefficient (Wildman–Crippen LogP) is 9.14. The van der Waals surface area contributed by atoms with Gasteiger partial charge in [0.2, 0.25) is 0 Å². The molecule has 0 radical (unpaired) electrons. The molecule has 0 aromatic heterocycles. The van der Waals surface area contributed by atoms with Crippen LogP contribution in [0.1, 0.15) is 121 Å². The normalized spacial score (nSPS) is 40.8. The third-order valence-corrected chi connectivity index (χ3v) is 15.4. The number of urea groups is 1. The van der Waals surface area contributed by atoms with Crippen molar-refractivity contribution < 1.29 is 14.7 Å². The van der Waals surface area contributed by atoms with Crippen LogP contribution in [0.5, 0.6) is 0 Å². The molecule has 4 saturated carbocycles. The molecule has 1 aromatic rings. The van der Waals surface area contributed by atoms with E-state index in [0.29, 0.717) is 46.0 Å². The van der Waals surface area contributed by atoms with Gasteiger partial charge in [-0.05, 0) is 154 Å². The number of carboxylic acids is 1. The van der Waals surface area contributed by atoms with Gasteiger partial charge in [-0.2, -0.15) is 0 Å². The number of rotatable bonds is 3. The van der Waals surface area contributed by atoms with Crippen LogP contribution in [0, 0.1) is 45.8 Å². The number of amides is 2. The number of nitrogens with one attached hydrogen (secondary N) is 1. The molecule has 1 aromatic carbocycles. The van der Waals surface area contributed by atoms with E-state index in [-0.39, 0.29) is 17.0 Å². The fourth-order valence-corrected chi connectivity index (χ4v) is 12.8. The maximum atomic E-state index is 13.8. The topological polar surface area (TPSA) is 72.9 Å². The number of aromatic carboxylic acids is 1. The Morgan fingerprint density at radius 2 is 1.60 bits per heavy atom. The molecule has 1 aliphatic heterocycles. The number of fused-ring (bicyclic) bond motifs is 7. The molecule has 8 unspecified atom stereocenters. The first-order valence-electron chi connectivity index (χ1n) is 19.2. The Morgan fingerprint density at radius 1 is 0.875 bits per heavy atom. The van der Waals surface area contributed by atoms with Crippen LogP contribution in [0.3, 0.4) is 0 Å². The second kappa shape index (κ2) is 13.3. The Morgan fingerprint density at radius 3 is 2.31 bits per heavy atom. The maximum Gasteiger partial charge on any atom is 0.335 e. The zero-order valence-corrected chi connectivity index (χ0v) is 30.8. The number of carbonyl (C=O) groups is 2. The van der Waals surface area contributed by atoms with Gasteiger partial charge in [0.15, 0.2) is 0 Å². The summed E-state index contributed by atoms with van der Waals surface area (Å²) in [6.07, 6.45) is 17.7. The molecule has 9 atom stereocenters. The summed E-state index contributed by atoms with van der Waals surface area (Å²) in [4.78, 5) is 29.7. The molecule has 6 nitrogen and oxygen atoms in total. The van der Waals surface area contributed by atoms with Crippen LogP contribution in [-0.4, -0.2) is 65.7 Å². The van der Waals surface area contributed by atoms with Crippen molar-refractivity contribution in [3.8, 4) is 0 Å². The van der Waals surface area contributed by atoms with Crippen molar-refractivity contribution in [1.29, 1.82) is 0 Å². The summed E-state index contributed by atoms with van der Waals surface area (Å²) < 4.78 is 0. The Hall–Kier alpha value is -2.60. The van der Waals surface area contributed by atoms with Crippen molar-refractivity contribution >= 4 is 17.6 Å². The third kappa shape index (κ3) is 5.66. The number of likely N-dealkylation sites (N-methyl/N-ethyl adjacent to an activating group) is 1. The largest absolute Gasteiger partial charge is 0.478 e. The molecule has 2 N–H and O–H groups in total. The highest BCUT2D eigenvalue weighted by Crippen LogP contribution is 2.75. The van der Waals surface area contributed by atoms with Gasteiger partial charge < -0.3 is 20.2 Å². The van der Waals surface area contributed by atoms with Gasteiger partial charge in [0.25, 0.3) is 0 Å². The molecule has 5 aliphatic carbocycles. The zero-order chi connectivity index (χ0) is 34.5. The van der Waals surface area contributed by atoms with E-state index in [0.717, 1.165) is 51.9 Å². The number of hydrogen-bond acceptors (Lipinski definition) is 3. The molecule has 0 spiro atoms. The minimum atomic E-state index is -0.860. The van der Waals surface area contributed by atoms with Crippen molar-refractivity contribution in [2.75, 3.05) is 33.2 Å². The van der Waals surface area contributed by atoms with Gasteiger partial charge in [-0.25, -0.2) is 9.59 Å². The number of nitrogens with zero attached hydrogens (tertiary/aromatic N) is 2. The first-order valence-corrected chi connectivity index (χ1v) is 19.2. The summed E-state index contributed by atoms with van der Waals surface area (Å²) in [7, 11) is 2.17. The number of allylic oxidation sites excluding steroid dienone is 3. The van der Waals surface area contributed by atoms with E-state index in [1.54, 1.807) is 18.2 Å². The lowest BCUT2D eigenvalue weighted by Gasteiger charge is -2.71. The van der Waals surface area contributed by atoms with Crippen LogP contribution in [-0.2, 0) is 0 Å². The number of carboxylic acid groups (broad SMARTS) is 1. The van der Waals surface area contributed by atoms with E-state index < -0.39 is 5.97 Å². The molecule has 5 fully saturated rings. The number of benzene rings is 1. The smallest absolute Gasteiger partial charge is 0.335 e. The summed E-state index contributed by atoms with van der Waals surface area (Å²) in [6.45, 7) is 19.4. The first kappa shape index (κ1) is 35.2. The highest BCUT2D eigenvalue weighted by atomic mass is 16.4. The van der Waals surface area contributed by atoms with Crippen molar-refractivity contribution in [2.24, 2.45) is 45.8 Å². The minimum Gasteiger partial charge on any atom is -0.478 e. The van der Waals surface area contributed by atoms with Crippen molar-refractivity contribution in [3.63, 3.8) is 0 Å². The molecule has 264 valence electrons. The minimum absolute atomic E-state index is 0.0169. The predicted molar refractivity (Wildman–Crippen MR) is 196 cm³/mol. The summed E-state index contributed by atoms with van der Waals surface area (Å²) in [6, 6.07) is 7.77. The van der Waals surface area contributed by atoms with Crippen molar-refractivity contribution in [1.82, 2.24) is 15.1 Å². The molecule has 1 saturated heterocycles. The summed E-state index contributed by atoms with van der Waals surface area (Å²) in [5, 5.41) is 13.2. The molecular weight excluding hydrogens is 594 g/mol. The van der Waals surface area contributed by atoms with Crippen LogP contribution in [0.4, 0.5) is 4.79 Å². The summed E-state index contributed by atoms with van der Waals surface area (Å²) in [5.74, 6) is 2.25. The molecule has 6 aliphatic rings. The van der Waals surface area contributed by atoms with E-state index in [2.05, 4.69) is 62.5 Å². The Kier molecular flexibility index (Phi) is 9.74. The second-order valence-corrected chi connectivity index (χ2v) is 17.4. The summed E-state index contributed by atoms with van der Waals surface area (Å²) >= 11 is 0. The van der Waals surface area contributed by atoms with Gasteiger partial charge in [-0.15, -0.1) is 6.58 Å². The van der Waals surface area contributed by atoms with Crippen LogP contribution < -0.4 is 5.32 Å². The van der Waals surface area contributed by atoms with Gasteiger partial charge in [0.05, 0.1) is 5.56 Å². The van der Waals surface area contributed by atoms with E-state index >= 15 is 0 Å². The third-order valence-electron chi connectivity index (χ3n) is 15.4. The zero-order valence-electron chi connectivity index (χ0n) is 30.8. The monoisotopic (exact) mass is 657 g/mol. The quantitative estimate of drug-likeness (QED) is 0.318. The van der Waals surface area contributed by atoms with Gasteiger partial charge >= 0.3 is 12.0 Å². The lowest BCUT2D eigenvalue weighted by atomic mass is 9.34. The van der Waals surface area contributed by atoms with E-state index in [4.69, 9.17) is 0 Å². The first-order chi connectivity index (χ1) is 22.8. The highest BCUT2D eigenvalue weighted by Gasteiger charge is 2.68. The fraction of sp³-hybridized carbons (Fsp3) is 0.714. The molecule has 0 bridgehead atoms. The van der Waals surface area contributed by atoms with E-state index in [1.807, 2.05) is 19.1 Å². The van der Waals surface area contributed by atoms with E-state index in [9.17, 15) is 14.7 Å². The number of carbonyl (C=O) groups excluding carboxylic acids is 1. The molecule has 7 rings (SSSR count). The van der Waals surface area contributed by atoms with Crippen LogP contribution in [0.2, 0.25) is 0 Å². The van der Waals surface area contributed by atoms with Gasteiger partial charge in [0.1, 0.15) is 0 Å². The lowest BCUT2D eigenvalue weighted by Crippen LogP contribution is -2.67. The average Bonchev–Trinajstić information content (AvgIpc) is 3.34. The molecule has 2 amide bonds. The van der Waals surface area contributed by atoms with Crippen LogP contribution in [0.15, 0.2) is 43.0 Å². The standard InChI is InChI=1S/C39H57N3O3.C3H6/c1-26-29(27-9-11-28(12-10-27)34(43)44)15-18-36(2)30(26)16-19-38(4)33(36)14-13-31-32-8-6-17-39(32,21-20-37(31,38)3)40-35(45)42-23-7-22-41(5)24-25-42;1-3-2/h9-12,15,26,30-33H,6-8,13-14,16-25H2,1-5H3,(H,40,45)(H,43,44);3H,1H2,2H3/t26?,30?,31?,32?,33?,36?,37-,38?,39?;/m1./s1. The molecule has 48 heavy (non-hydrogen) atoms. The molecule has 1 heterocycles.